The minimum absolute atomic E-state index is 0.163. The molecule has 1 aromatic rings. The number of nitrogens with one attached hydrogen (secondary N) is 1. The molecule has 0 bridgehead atoms. The van der Waals surface area contributed by atoms with Gasteiger partial charge in [-0.25, -0.2) is 0 Å². The normalized spacial score (nSPS) is 9.18. The molecule has 5 heteroatoms. The highest BCUT2D eigenvalue weighted by atomic mass is 16.1. The van der Waals surface area contributed by atoms with Crippen LogP contribution < -0.4 is 5.32 Å². The van der Waals surface area contributed by atoms with Crippen molar-refractivity contribution in [3.8, 4) is 12.1 Å². The fourth-order valence-corrected chi connectivity index (χ4v) is 1.30. The number of hydrogen-bond donors (Lipinski definition) is 1. The number of Topliss-reactive ketones (excluding diaryl/α,β-unsaturated/α-hetero) is 1. The van der Waals surface area contributed by atoms with E-state index in [9.17, 15) is 9.59 Å². The number of amides is 1. The van der Waals surface area contributed by atoms with E-state index in [1.165, 1.54) is 13.0 Å². The molecule has 1 amide bonds. The summed E-state index contributed by atoms with van der Waals surface area (Å²) in [6.07, 6.45) is 0. The first-order valence-electron chi connectivity index (χ1n) is 4.80. The number of benzene rings is 1. The van der Waals surface area contributed by atoms with Crippen molar-refractivity contribution < 1.29 is 9.59 Å². The Morgan fingerprint density at radius 2 is 1.82 bits per heavy atom. The Morgan fingerprint density at radius 3 is 2.35 bits per heavy atom. The van der Waals surface area contributed by atoms with Crippen molar-refractivity contribution in [1.29, 1.82) is 10.5 Å². The summed E-state index contributed by atoms with van der Waals surface area (Å²) in [6.45, 7) is 1.31. The average Bonchev–Trinajstić information content (AvgIpc) is 2.30. The van der Waals surface area contributed by atoms with Crippen LogP contribution in [0.1, 0.15) is 17.3 Å². The van der Waals surface area contributed by atoms with Crippen LogP contribution in [0.25, 0.3) is 0 Å². The SMILES string of the molecule is CC(=O)Nc1ccccc1C(=O)C(C#N)C#N. The molecule has 1 aromatic carbocycles. The van der Waals surface area contributed by atoms with Gasteiger partial charge in [-0.2, -0.15) is 10.5 Å². The lowest BCUT2D eigenvalue weighted by Gasteiger charge is -2.08. The molecule has 0 radical (unpaired) electrons. The Kier molecular flexibility index (Phi) is 3.96. The van der Waals surface area contributed by atoms with Gasteiger partial charge in [-0.1, -0.05) is 12.1 Å². The zero-order valence-corrected chi connectivity index (χ0v) is 9.10. The maximum atomic E-state index is 11.8. The Labute approximate surface area is 98.3 Å². The van der Waals surface area contributed by atoms with Gasteiger partial charge in [-0.15, -0.1) is 0 Å². The number of para-hydroxylation sites is 1. The molecule has 0 saturated heterocycles. The molecule has 1 N–H and O–H groups in total. The number of anilines is 1. The van der Waals surface area contributed by atoms with Crippen molar-refractivity contribution in [3.63, 3.8) is 0 Å². The first-order chi connectivity index (χ1) is 8.10. The monoisotopic (exact) mass is 227 g/mol. The van der Waals surface area contributed by atoms with Crippen molar-refractivity contribution >= 4 is 17.4 Å². The molecule has 5 nitrogen and oxygen atoms in total. The number of nitriles is 2. The molecule has 0 heterocycles. The van der Waals surface area contributed by atoms with Gasteiger partial charge in [0.05, 0.1) is 17.8 Å². The fourth-order valence-electron chi connectivity index (χ4n) is 1.30. The molecule has 0 spiro atoms. The van der Waals surface area contributed by atoms with Gasteiger partial charge in [-0.3, -0.25) is 9.59 Å². The molecule has 84 valence electrons. The molecule has 0 fully saturated rings. The van der Waals surface area contributed by atoms with Crippen LogP contribution in [-0.2, 0) is 4.79 Å². The van der Waals surface area contributed by atoms with Crippen molar-refractivity contribution in [2.24, 2.45) is 5.92 Å². The molecule has 0 aromatic heterocycles. The Hall–Kier alpha value is -2.66. The molecule has 0 unspecified atom stereocenters. The van der Waals surface area contributed by atoms with Gasteiger partial charge >= 0.3 is 0 Å². The highest BCUT2D eigenvalue weighted by Gasteiger charge is 2.21. The number of hydrogen-bond acceptors (Lipinski definition) is 4. The van der Waals surface area contributed by atoms with E-state index in [0.717, 1.165) is 0 Å². The van der Waals surface area contributed by atoms with Gasteiger partial charge in [0, 0.05) is 12.5 Å². The minimum Gasteiger partial charge on any atom is -0.326 e. The van der Waals surface area contributed by atoms with Crippen LogP contribution in [0.2, 0.25) is 0 Å². The quantitative estimate of drug-likeness (QED) is 0.791. The highest BCUT2D eigenvalue weighted by molar-refractivity contribution is 6.07. The van der Waals surface area contributed by atoms with Crippen molar-refractivity contribution in [2.45, 2.75) is 6.92 Å². The summed E-state index contributed by atoms with van der Waals surface area (Å²) < 4.78 is 0. The lowest BCUT2D eigenvalue weighted by Crippen LogP contribution is -2.15. The maximum Gasteiger partial charge on any atom is 0.221 e. The fraction of sp³-hybridized carbons (Fsp3) is 0.167. The second kappa shape index (κ2) is 5.43. The Morgan fingerprint density at radius 1 is 1.24 bits per heavy atom. The second-order valence-corrected chi connectivity index (χ2v) is 3.28. The van der Waals surface area contributed by atoms with Crippen LogP contribution in [0.4, 0.5) is 5.69 Å². The number of nitrogens with zero attached hydrogens (tertiary/aromatic N) is 2. The van der Waals surface area contributed by atoms with Gasteiger partial charge in [0.15, 0.2) is 11.7 Å². The van der Waals surface area contributed by atoms with Crippen LogP contribution in [-0.4, -0.2) is 11.7 Å². The third-order valence-corrected chi connectivity index (χ3v) is 2.02. The molecular formula is C12H9N3O2. The van der Waals surface area contributed by atoms with E-state index in [2.05, 4.69) is 5.32 Å². The average molecular weight is 227 g/mol. The number of carbonyl (C=O) groups is 2. The van der Waals surface area contributed by atoms with E-state index in [4.69, 9.17) is 10.5 Å². The Balaban J connectivity index is 3.15. The third kappa shape index (κ3) is 2.90. The zero-order chi connectivity index (χ0) is 12.8. The number of ketones is 1. The molecule has 0 saturated carbocycles. The zero-order valence-electron chi connectivity index (χ0n) is 9.10. The van der Waals surface area contributed by atoms with Gasteiger partial charge < -0.3 is 5.32 Å². The van der Waals surface area contributed by atoms with Gasteiger partial charge in [0.25, 0.3) is 0 Å². The molecule has 0 atom stereocenters. The van der Waals surface area contributed by atoms with Crippen LogP contribution in [0.15, 0.2) is 24.3 Å². The van der Waals surface area contributed by atoms with Crippen molar-refractivity contribution in [1.82, 2.24) is 0 Å². The van der Waals surface area contributed by atoms with Crippen LogP contribution in [0.3, 0.4) is 0 Å². The van der Waals surface area contributed by atoms with Gasteiger partial charge in [-0.05, 0) is 12.1 Å². The van der Waals surface area contributed by atoms with E-state index in [0.29, 0.717) is 5.69 Å². The van der Waals surface area contributed by atoms with Crippen LogP contribution in [0, 0.1) is 28.6 Å². The summed E-state index contributed by atoms with van der Waals surface area (Å²) in [5, 5.41) is 19.8. The summed E-state index contributed by atoms with van der Waals surface area (Å²) in [6, 6.07) is 9.47. The lowest BCUT2D eigenvalue weighted by atomic mass is 9.98. The van der Waals surface area contributed by atoms with Gasteiger partial charge in [0.2, 0.25) is 5.91 Å². The first-order valence-corrected chi connectivity index (χ1v) is 4.80. The summed E-state index contributed by atoms with van der Waals surface area (Å²) in [7, 11) is 0. The maximum absolute atomic E-state index is 11.8. The third-order valence-electron chi connectivity index (χ3n) is 2.02. The molecular weight excluding hydrogens is 218 g/mol. The predicted molar refractivity (Wildman–Crippen MR) is 59.8 cm³/mol. The summed E-state index contributed by atoms with van der Waals surface area (Å²) in [4.78, 5) is 22.8. The standard InChI is InChI=1S/C12H9N3O2/c1-8(16)15-11-5-3-2-4-10(11)12(17)9(6-13)7-14/h2-5,9H,1H3,(H,15,16). The van der Waals surface area contributed by atoms with E-state index in [-0.39, 0.29) is 11.5 Å². The number of carbonyl (C=O) groups excluding carboxylic acids is 2. The van der Waals surface area contributed by atoms with Gasteiger partial charge in [0.1, 0.15) is 0 Å². The molecule has 0 aliphatic rings. The largest absolute Gasteiger partial charge is 0.326 e. The van der Waals surface area contributed by atoms with Crippen molar-refractivity contribution in [3.05, 3.63) is 29.8 Å². The topological polar surface area (TPSA) is 93.8 Å². The highest BCUT2D eigenvalue weighted by Crippen LogP contribution is 2.18. The Bertz CT molecular complexity index is 523. The smallest absolute Gasteiger partial charge is 0.221 e. The van der Waals surface area contributed by atoms with E-state index >= 15 is 0 Å². The number of rotatable bonds is 3. The summed E-state index contributed by atoms with van der Waals surface area (Å²) in [5.41, 5.74) is 0.469. The van der Waals surface area contributed by atoms with Crippen molar-refractivity contribution in [2.75, 3.05) is 5.32 Å². The first kappa shape index (κ1) is 12.4. The van der Waals surface area contributed by atoms with E-state index in [1.807, 2.05) is 0 Å². The van der Waals surface area contributed by atoms with E-state index in [1.54, 1.807) is 30.3 Å². The molecule has 0 aliphatic heterocycles. The molecule has 17 heavy (non-hydrogen) atoms. The summed E-state index contributed by atoms with van der Waals surface area (Å²) >= 11 is 0. The summed E-state index contributed by atoms with van der Waals surface area (Å²) in [5.74, 6) is -2.29. The molecule has 0 aliphatic carbocycles. The van der Waals surface area contributed by atoms with E-state index < -0.39 is 11.7 Å². The van der Waals surface area contributed by atoms with Crippen LogP contribution in [0.5, 0.6) is 0 Å². The van der Waals surface area contributed by atoms with Crippen LogP contribution >= 0.6 is 0 Å². The minimum atomic E-state index is -1.36. The lowest BCUT2D eigenvalue weighted by molar-refractivity contribution is -0.114. The predicted octanol–water partition coefficient (Wildman–Crippen LogP) is 1.49. The molecule has 1 rings (SSSR count). The second-order valence-electron chi connectivity index (χ2n) is 3.28.